The first-order valence-corrected chi connectivity index (χ1v) is 6.45. The number of ketones is 1. The van der Waals surface area contributed by atoms with Gasteiger partial charge in [-0.15, -0.1) is 11.3 Å². The third-order valence-electron chi connectivity index (χ3n) is 1.96. The van der Waals surface area contributed by atoms with Gasteiger partial charge in [0.2, 0.25) is 0 Å². The van der Waals surface area contributed by atoms with Gasteiger partial charge in [0.05, 0.1) is 16.0 Å². The number of thiazole rings is 1. The van der Waals surface area contributed by atoms with Gasteiger partial charge in [-0.05, 0) is 17.8 Å². The van der Waals surface area contributed by atoms with Crippen LogP contribution in [-0.4, -0.2) is 20.7 Å². The molecule has 0 bridgehead atoms. The van der Waals surface area contributed by atoms with Gasteiger partial charge in [-0.2, -0.15) is 0 Å². The predicted octanol–water partition coefficient (Wildman–Crippen LogP) is 2.80. The molecule has 0 saturated carbocycles. The summed E-state index contributed by atoms with van der Waals surface area (Å²) >= 11 is 2.28. The van der Waals surface area contributed by atoms with Crippen molar-refractivity contribution in [2.75, 3.05) is 0 Å². The van der Waals surface area contributed by atoms with Gasteiger partial charge in [0.1, 0.15) is 0 Å². The third kappa shape index (κ3) is 2.71. The molecular weight excluding hydrogens is 274 g/mol. The van der Waals surface area contributed by atoms with Crippen LogP contribution in [0.4, 0.5) is 5.69 Å². The van der Waals surface area contributed by atoms with Crippen molar-refractivity contribution in [2.45, 2.75) is 16.3 Å². The predicted molar refractivity (Wildman–Crippen MR) is 67.1 cm³/mol. The van der Waals surface area contributed by atoms with Crippen molar-refractivity contribution in [1.82, 2.24) is 9.97 Å². The number of rotatable bonds is 4. The van der Waals surface area contributed by atoms with Crippen LogP contribution in [0.2, 0.25) is 0 Å². The van der Waals surface area contributed by atoms with E-state index in [2.05, 4.69) is 9.97 Å². The molecule has 0 atom stereocenters. The lowest BCUT2D eigenvalue weighted by molar-refractivity contribution is -0.388. The fourth-order valence-corrected chi connectivity index (χ4v) is 3.00. The molecule has 0 aromatic carbocycles. The summed E-state index contributed by atoms with van der Waals surface area (Å²) in [6, 6.07) is 2.89. The second kappa shape index (κ2) is 5.23. The maximum absolute atomic E-state index is 11.1. The molecule has 18 heavy (non-hydrogen) atoms. The zero-order chi connectivity index (χ0) is 13.1. The van der Waals surface area contributed by atoms with Crippen molar-refractivity contribution in [3.63, 3.8) is 0 Å². The Hall–Kier alpha value is -1.80. The van der Waals surface area contributed by atoms with Crippen LogP contribution in [0.3, 0.4) is 0 Å². The fraction of sp³-hybridized carbons (Fsp3) is 0.100. The second-order valence-corrected chi connectivity index (χ2v) is 5.50. The van der Waals surface area contributed by atoms with Gasteiger partial charge in [-0.25, -0.2) is 9.97 Å². The number of pyridine rings is 1. The van der Waals surface area contributed by atoms with Crippen molar-refractivity contribution < 1.29 is 9.72 Å². The monoisotopic (exact) mass is 281 g/mol. The maximum Gasteiger partial charge on any atom is 0.301 e. The number of carbonyl (C=O) groups is 1. The third-order valence-corrected chi connectivity index (χ3v) is 4.14. The summed E-state index contributed by atoms with van der Waals surface area (Å²) in [4.78, 5) is 29.9. The van der Waals surface area contributed by atoms with Gasteiger partial charge < -0.3 is 0 Å². The molecule has 0 saturated heterocycles. The fourth-order valence-electron chi connectivity index (χ4n) is 1.15. The summed E-state index contributed by atoms with van der Waals surface area (Å²) in [7, 11) is 0. The minimum absolute atomic E-state index is 0.0675. The highest BCUT2D eigenvalue weighted by atomic mass is 32.2. The average Bonchev–Trinajstić information content (AvgIpc) is 2.78. The molecule has 0 aliphatic carbocycles. The maximum atomic E-state index is 11.1. The van der Waals surface area contributed by atoms with E-state index < -0.39 is 4.92 Å². The highest BCUT2D eigenvalue weighted by molar-refractivity contribution is 8.01. The number of carbonyl (C=O) groups excluding carboxylic acids is 1. The smallest absolute Gasteiger partial charge is 0.294 e. The SMILES string of the molecule is CC(=O)c1cnc(Sc2ncccc2[N+](=O)[O-])s1. The van der Waals surface area contributed by atoms with Gasteiger partial charge >= 0.3 is 5.69 Å². The number of aromatic nitrogens is 2. The Morgan fingerprint density at radius 2 is 2.28 bits per heavy atom. The molecule has 0 aliphatic rings. The molecule has 0 spiro atoms. The minimum Gasteiger partial charge on any atom is -0.294 e. The molecule has 92 valence electrons. The zero-order valence-electron chi connectivity index (χ0n) is 9.19. The Morgan fingerprint density at radius 3 is 2.89 bits per heavy atom. The van der Waals surface area contributed by atoms with E-state index in [1.807, 2.05) is 0 Å². The lowest BCUT2D eigenvalue weighted by Gasteiger charge is -1.97. The highest BCUT2D eigenvalue weighted by Crippen LogP contribution is 2.34. The number of nitrogens with zero attached hydrogens (tertiary/aromatic N) is 3. The van der Waals surface area contributed by atoms with Crippen LogP contribution >= 0.6 is 23.1 Å². The molecule has 0 unspecified atom stereocenters. The quantitative estimate of drug-likeness (QED) is 0.486. The number of nitro groups is 1. The van der Waals surface area contributed by atoms with E-state index in [0.717, 1.165) is 11.8 Å². The van der Waals surface area contributed by atoms with Gasteiger partial charge in [0.25, 0.3) is 0 Å². The molecule has 6 nitrogen and oxygen atoms in total. The van der Waals surface area contributed by atoms with Crippen molar-refractivity contribution in [1.29, 1.82) is 0 Å². The van der Waals surface area contributed by atoms with E-state index in [1.165, 1.54) is 42.8 Å². The van der Waals surface area contributed by atoms with E-state index in [4.69, 9.17) is 0 Å². The Labute approximate surface area is 110 Å². The van der Waals surface area contributed by atoms with Crippen molar-refractivity contribution in [2.24, 2.45) is 0 Å². The van der Waals surface area contributed by atoms with Crippen LogP contribution < -0.4 is 0 Å². The summed E-state index contributed by atoms with van der Waals surface area (Å²) in [5.74, 6) is -0.0742. The second-order valence-electron chi connectivity index (χ2n) is 3.23. The van der Waals surface area contributed by atoms with E-state index in [0.29, 0.717) is 9.22 Å². The lowest BCUT2D eigenvalue weighted by atomic mass is 10.4. The first-order chi connectivity index (χ1) is 8.58. The van der Waals surface area contributed by atoms with E-state index >= 15 is 0 Å². The standard InChI is InChI=1S/C10H7N3O3S2/c1-6(14)8-5-12-10(17-8)18-9-7(13(15)16)3-2-4-11-9/h2-5H,1H3. The Bertz CT molecular complexity index is 612. The topological polar surface area (TPSA) is 86.0 Å². The summed E-state index contributed by atoms with van der Waals surface area (Å²) in [5.41, 5.74) is -0.0675. The summed E-state index contributed by atoms with van der Waals surface area (Å²) in [5, 5.41) is 11.1. The summed E-state index contributed by atoms with van der Waals surface area (Å²) in [6.45, 7) is 1.45. The zero-order valence-corrected chi connectivity index (χ0v) is 10.8. The molecule has 2 aromatic rings. The normalized spacial score (nSPS) is 10.3. The minimum atomic E-state index is -0.491. The van der Waals surface area contributed by atoms with Crippen LogP contribution in [-0.2, 0) is 0 Å². The van der Waals surface area contributed by atoms with Gasteiger partial charge in [0.15, 0.2) is 15.1 Å². The number of hydrogen-bond donors (Lipinski definition) is 0. The molecule has 0 fully saturated rings. The lowest BCUT2D eigenvalue weighted by Crippen LogP contribution is -1.92. The van der Waals surface area contributed by atoms with Crippen LogP contribution in [0.5, 0.6) is 0 Å². The van der Waals surface area contributed by atoms with Crippen LogP contribution in [0, 0.1) is 10.1 Å². The largest absolute Gasteiger partial charge is 0.301 e. The Morgan fingerprint density at radius 1 is 1.50 bits per heavy atom. The molecule has 2 rings (SSSR count). The summed E-state index contributed by atoms with van der Waals surface area (Å²) < 4.78 is 0.557. The number of hydrogen-bond acceptors (Lipinski definition) is 7. The Balaban J connectivity index is 2.28. The number of Topliss-reactive ketones (excluding diaryl/α,β-unsaturated/α-hetero) is 1. The molecule has 0 aliphatic heterocycles. The Kier molecular flexibility index (Phi) is 3.68. The van der Waals surface area contributed by atoms with E-state index in [-0.39, 0.29) is 16.5 Å². The first kappa shape index (κ1) is 12.7. The van der Waals surface area contributed by atoms with Gasteiger partial charge in [-0.3, -0.25) is 14.9 Å². The van der Waals surface area contributed by atoms with Crippen LogP contribution in [0.15, 0.2) is 33.9 Å². The highest BCUT2D eigenvalue weighted by Gasteiger charge is 2.17. The van der Waals surface area contributed by atoms with Gasteiger partial charge in [-0.1, -0.05) is 0 Å². The average molecular weight is 281 g/mol. The summed E-state index contributed by atoms with van der Waals surface area (Å²) in [6.07, 6.45) is 2.94. The van der Waals surface area contributed by atoms with E-state index in [9.17, 15) is 14.9 Å². The van der Waals surface area contributed by atoms with Crippen molar-refractivity contribution in [3.05, 3.63) is 39.5 Å². The van der Waals surface area contributed by atoms with Crippen LogP contribution in [0.25, 0.3) is 0 Å². The molecule has 0 amide bonds. The van der Waals surface area contributed by atoms with E-state index in [1.54, 1.807) is 0 Å². The van der Waals surface area contributed by atoms with Crippen molar-refractivity contribution in [3.8, 4) is 0 Å². The van der Waals surface area contributed by atoms with Crippen LogP contribution in [0.1, 0.15) is 16.6 Å². The molecule has 8 heteroatoms. The molecule has 2 aromatic heterocycles. The first-order valence-electron chi connectivity index (χ1n) is 4.82. The van der Waals surface area contributed by atoms with Gasteiger partial charge in [0, 0.05) is 19.2 Å². The molecule has 0 N–H and O–H groups in total. The molecule has 2 heterocycles. The van der Waals surface area contributed by atoms with Crippen molar-refractivity contribution >= 4 is 34.6 Å². The molecule has 0 radical (unpaired) electrons. The molecular formula is C10H7N3O3S2.